The fourth-order valence-electron chi connectivity index (χ4n) is 1.87. The fraction of sp³-hybridized carbons (Fsp3) is 0.444. The number of nitrogens with zero attached hydrogens (tertiary/aromatic N) is 1. The van der Waals surface area contributed by atoms with E-state index in [1.54, 1.807) is 0 Å². The minimum absolute atomic E-state index is 0.0462. The lowest BCUT2D eigenvalue weighted by Gasteiger charge is -2.22. The molecule has 2 rings (SSSR count). The first-order valence-corrected chi connectivity index (χ1v) is 6.87. The number of rotatable bonds is 1. The van der Waals surface area contributed by atoms with Gasteiger partial charge in [0.05, 0.1) is 16.5 Å². The van der Waals surface area contributed by atoms with Gasteiger partial charge in [-0.1, -0.05) is 11.6 Å². The maximum atomic E-state index is 11.4. The van der Waals surface area contributed by atoms with E-state index in [4.69, 9.17) is 17.3 Å². The van der Waals surface area contributed by atoms with E-state index in [2.05, 4.69) is 4.98 Å². The Morgan fingerprint density at radius 3 is 2.81 bits per heavy atom. The Kier molecular flexibility index (Phi) is 2.60. The van der Waals surface area contributed by atoms with E-state index < -0.39 is 15.4 Å². The molecule has 0 spiro atoms. The number of anilines is 1. The molecule has 1 aliphatic heterocycles. The van der Waals surface area contributed by atoms with Crippen LogP contribution in [0, 0.1) is 0 Å². The van der Waals surface area contributed by atoms with Gasteiger partial charge in [0.1, 0.15) is 11.4 Å². The van der Waals surface area contributed by atoms with Crippen molar-refractivity contribution in [2.24, 2.45) is 0 Å². The quantitative estimate of drug-likeness (QED) is 0.760. The summed E-state index contributed by atoms with van der Waals surface area (Å²) in [4.78, 5) is 3.81. The number of hydrogen-bond acceptors (Lipinski definition) is 5. The Hall–Kier alpha value is -0.850. The van der Waals surface area contributed by atoms with Crippen LogP contribution in [0.3, 0.4) is 0 Å². The van der Waals surface area contributed by atoms with E-state index in [1.165, 1.54) is 12.3 Å². The van der Waals surface area contributed by atoms with Crippen molar-refractivity contribution in [2.75, 3.05) is 17.2 Å². The summed E-state index contributed by atoms with van der Waals surface area (Å²) in [7, 11) is -3.21. The van der Waals surface area contributed by atoms with Gasteiger partial charge in [-0.05, 0) is 12.5 Å². The third kappa shape index (κ3) is 2.00. The number of halogens is 1. The van der Waals surface area contributed by atoms with E-state index in [0.717, 1.165) is 0 Å². The van der Waals surface area contributed by atoms with E-state index in [0.29, 0.717) is 10.6 Å². The molecule has 5 nitrogen and oxygen atoms in total. The van der Waals surface area contributed by atoms with Gasteiger partial charge in [-0.25, -0.2) is 13.4 Å². The SMILES string of the molecule is Nc1ncc(Cl)cc1C1(O)CCS(=O)(=O)C1. The lowest BCUT2D eigenvalue weighted by Crippen LogP contribution is -2.28. The number of nitrogens with two attached hydrogens (primary N) is 1. The second kappa shape index (κ2) is 3.58. The predicted molar refractivity (Wildman–Crippen MR) is 60.8 cm³/mol. The molecule has 3 N–H and O–H groups in total. The Labute approximate surface area is 98.2 Å². The van der Waals surface area contributed by atoms with E-state index >= 15 is 0 Å². The normalized spacial score (nSPS) is 28.1. The highest BCUT2D eigenvalue weighted by molar-refractivity contribution is 7.91. The first kappa shape index (κ1) is 11.6. The molecule has 0 saturated carbocycles. The van der Waals surface area contributed by atoms with Crippen LogP contribution in [0.1, 0.15) is 12.0 Å². The highest BCUT2D eigenvalue weighted by Gasteiger charge is 2.43. The van der Waals surface area contributed by atoms with Gasteiger partial charge in [-0.15, -0.1) is 0 Å². The molecule has 16 heavy (non-hydrogen) atoms. The van der Waals surface area contributed by atoms with Crippen LogP contribution in [0.15, 0.2) is 12.3 Å². The molecule has 0 amide bonds. The van der Waals surface area contributed by atoms with Gasteiger partial charge in [0.25, 0.3) is 0 Å². The summed E-state index contributed by atoms with van der Waals surface area (Å²) in [6.07, 6.45) is 1.48. The van der Waals surface area contributed by atoms with Gasteiger partial charge in [0, 0.05) is 11.8 Å². The standard InChI is InChI=1S/C9H11ClN2O3S/c10-6-3-7(8(11)12-4-6)9(13)1-2-16(14,15)5-9/h3-4,13H,1-2,5H2,(H2,11,12). The highest BCUT2D eigenvalue weighted by Crippen LogP contribution is 2.36. The van der Waals surface area contributed by atoms with Crippen molar-refractivity contribution in [3.63, 3.8) is 0 Å². The molecule has 1 fully saturated rings. The zero-order valence-electron chi connectivity index (χ0n) is 8.35. The lowest BCUT2D eigenvalue weighted by molar-refractivity contribution is 0.0658. The number of pyridine rings is 1. The number of hydrogen-bond donors (Lipinski definition) is 2. The average Bonchev–Trinajstić information content (AvgIpc) is 2.46. The molecule has 1 aromatic rings. The first-order valence-electron chi connectivity index (χ1n) is 4.67. The molecule has 1 aromatic heterocycles. The third-order valence-electron chi connectivity index (χ3n) is 2.67. The number of nitrogen functional groups attached to an aromatic ring is 1. The van der Waals surface area contributed by atoms with Gasteiger partial charge in [0.2, 0.25) is 0 Å². The van der Waals surface area contributed by atoms with E-state index in [9.17, 15) is 13.5 Å². The zero-order chi connectivity index (χ0) is 12.0. The van der Waals surface area contributed by atoms with Crippen LogP contribution in [0.25, 0.3) is 0 Å². The summed E-state index contributed by atoms with van der Waals surface area (Å²) in [6, 6.07) is 1.46. The second-order valence-corrected chi connectivity index (χ2v) is 6.58. The molecule has 0 aliphatic carbocycles. The maximum absolute atomic E-state index is 11.4. The number of aromatic nitrogens is 1. The second-order valence-electron chi connectivity index (χ2n) is 3.96. The minimum atomic E-state index is -3.21. The fourth-order valence-corrected chi connectivity index (χ4v) is 3.85. The van der Waals surface area contributed by atoms with Crippen molar-refractivity contribution in [1.82, 2.24) is 4.98 Å². The van der Waals surface area contributed by atoms with Crippen molar-refractivity contribution in [1.29, 1.82) is 0 Å². The smallest absolute Gasteiger partial charge is 0.153 e. The van der Waals surface area contributed by atoms with Crippen molar-refractivity contribution in [3.05, 3.63) is 22.8 Å². The summed E-state index contributed by atoms with van der Waals surface area (Å²) in [6.45, 7) is 0. The van der Waals surface area contributed by atoms with Crippen LogP contribution in [-0.4, -0.2) is 30.0 Å². The molecule has 88 valence electrons. The molecular formula is C9H11ClN2O3S. The zero-order valence-corrected chi connectivity index (χ0v) is 9.92. The molecule has 1 unspecified atom stereocenters. The van der Waals surface area contributed by atoms with Gasteiger partial charge >= 0.3 is 0 Å². The Morgan fingerprint density at radius 1 is 1.56 bits per heavy atom. The predicted octanol–water partition coefficient (Wildman–Crippen LogP) is 0.323. The molecule has 0 aromatic carbocycles. The van der Waals surface area contributed by atoms with Crippen LogP contribution in [0.5, 0.6) is 0 Å². The van der Waals surface area contributed by atoms with Gasteiger partial charge in [-0.3, -0.25) is 0 Å². The van der Waals surface area contributed by atoms with E-state index in [-0.39, 0.29) is 23.7 Å². The third-order valence-corrected chi connectivity index (χ3v) is 4.62. The Morgan fingerprint density at radius 2 is 2.25 bits per heavy atom. The summed E-state index contributed by atoms with van der Waals surface area (Å²) < 4.78 is 22.7. The van der Waals surface area contributed by atoms with Crippen LogP contribution in [0.2, 0.25) is 5.02 Å². The maximum Gasteiger partial charge on any atom is 0.153 e. The van der Waals surface area contributed by atoms with Crippen molar-refractivity contribution < 1.29 is 13.5 Å². The summed E-state index contributed by atoms with van der Waals surface area (Å²) in [5.74, 6) is -0.259. The molecule has 1 atom stereocenters. The Balaban J connectivity index is 2.49. The average molecular weight is 263 g/mol. The Bertz CT molecular complexity index is 532. The van der Waals surface area contributed by atoms with Crippen LogP contribution in [0.4, 0.5) is 5.82 Å². The highest BCUT2D eigenvalue weighted by atomic mass is 35.5. The monoisotopic (exact) mass is 262 g/mol. The number of sulfone groups is 1. The number of aliphatic hydroxyl groups is 1. The van der Waals surface area contributed by atoms with Crippen molar-refractivity contribution >= 4 is 27.3 Å². The summed E-state index contributed by atoms with van der Waals surface area (Å²) >= 11 is 5.75. The van der Waals surface area contributed by atoms with Crippen molar-refractivity contribution in [2.45, 2.75) is 12.0 Å². The summed E-state index contributed by atoms with van der Waals surface area (Å²) in [5, 5.41) is 10.6. The van der Waals surface area contributed by atoms with Crippen molar-refractivity contribution in [3.8, 4) is 0 Å². The molecule has 2 heterocycles. The van der Waals surface area contributed by atoms with Gasteiger partial charge < -0.3 is 10.8 Å². The molecular weight excluding hydrogens is 252 g/mol. The van der Waals surface area contributed by atoms with Crippen LogP contribution in [-0.2, 0) is 15.4 Å². The van der Waals surface area contributed by atoms with Gasteiger partial charge in [-0.2, -0.15) is 0 Å². The molecule has 7 heteroatoms. The molecule has 1 aliphatic rings. The van der Waals surface area contributed by atoms with E-state index in [1.807, 2.05) is 0 Å². The largest absolute Gasteiger partial charge is 0.384 e. The summed E-state index contributed by atoms with van der Waals surface area (Å²) in [5.41, 5.74) is 4.45. The first-order chi connectivity index (χ1) is 7.32. The van der Waals surface area contributed by atoms with Gasteiger partial charge in [0.15, 0.2) is 9.84 Å². The molecule has 1 saturated heterocycles. The van der Waals surface area contributed by atoms with Crippen LogP contribution >= 0.6 is 11.6 Å². The topological polar surface area (TPSA) is 93.3 Å². The lowest BCUT2D eigenvalue weighted by atomic mass is 9.94. The molecule has 0 radical (unpaired) electrons. The minimum Gasteiger partial charge on any atom is -0.384 e. The molecule has 0 bridgehead atoms. The van der Waals surface area contributed by atoms with Crippen LogP contribution < -0.4 is 5.73 Å².